The molecule has 2 nitrogen and oxygen atoms in total. The normalized spacial score (nSPS) is 26.0. The number of hydrogen-bond donors (Lipinski definition) is 2. The van der Waals surface area contributed by atoms with Gasteiger partial charge in [-0.15, -0.1) is 0 Å². The van der Waals surface area contributed by atoms with Crippen molar-refractivity contribution in [2.24, 2.45) is 5.73 Å². The van der Waals surface area contributed by atoms with E-state index in [-0.39, 0.29) is 6.04 Å². The van der Waals surface area contributed by atoms with E-state index in [2.05, 4.69) is 0 Å². The summed E-state index contributed by atoms with van der Waals surface area (Å²) in [6.45, 7) is 0. The first kappa shape index (κ1) is 10.2. The second-order valence-electron chi connectivity index (χ2n) is 3.61. The Hall–Kier alpha value is -0.280. The lowest BCUT2D eigenvalue weighted by atomic mass is 9.86. The van der Waals surface area contributed by atoms with Crippen LogP contribution in [0.3, 0.4) is 0 Å². The number of nitrogens with two attached hydrogens (primary N) is 1. The van der Waals surface area contributed by atoms with Crippen LogP contribution in [0, 0.1) is 0 Å². The minimum absolute atomic E-state index is 0.195. The fourth-order valence-electron chi connectivity index (χ4n) is 1.81. The molecule has 2 rings (SSSR count). The number of fused-ring (bicyclic) bond motifs is 1. The van der Waals surface area contributed by atoms with E-state index in [9.17, 15) is 5.11 Å². The molecule has 0 heterocycles. The zero-order chi connectivity index (χ0) is 10.3. The van der Waals surface area contributed by atoms with Gasteiger partial charge in [-0.25, -0.2) is 0 Å². The molecule has 0 radical (unpaired) electrons. The Bertz CT molecular complexity index is 367. The van der Waals surface area contributed by atoms with E-state index >= 15 is 0 Å². The van der Waals surface area contributed by atoms with Crippen molar-refractivity contribution in [1.82, 2.24) is 0 Å². The van der Waals surface area contributed by atoms with Crippen molar-refractivity contribution in [3.63, 3.8) is 0 Å². The maximum absolute atomic E-state index is 9.82. The summed E-state index contributed by atoms with van der Waals surface area (Å²) in [5.41, 5.74) is 7.62. The molecule has 0 unspecified atom stereocenters. The summed E-state index contributed by atoms with van der Waals surface area (Å²) in [5, 5.41) is 10.8. The Balaban J connectivity index is 2.50. The van der Waals surface area contributed by atoms with Crippen molar-refractivity contribution in [2.75, 3.05) is 0 Å². The standard InChI is InChI=1S/C10H11Cl2NO/c11-7-3-5-1-2-9(13)10(14)6(5)4-8(7)12/h3-4,9-10,14H,1-2,13H2/t9-,10-/m0/s1. The Morgan fingerprint density at radius 1 is 1.29 bits per heavy atom. The second-order valence-corrected chi connectivity index (χ2v) is 4.43. The van der Waals surface area contributed by atoms with Crippen molar-refractivity contribution in [1.29, 1.82) is 0 Å². The molecule has 3 N–H and O–H groups in total. The first-order chi connectivity index (χ1) is 6.59. The van der Waals surface area contributed by atoms with E-state index in [0.717, 1.165) is 24.0 Å². The molecule has 0 saturated heterocycles. The topological polar surface area (TPSA) is 46.2 Å². The predicted octanol–water partition coefficient (Wildman–Crippen LogP) is 2.30. The molecule has 0 amide bonds. The highest BCUT2D eigenvalue weighted by atomic mass is 35.5. The Kier molecular flexibility index (Phi) is 2.71. The van der Waals surface area contributed by atoms with E-state index in [4.69, 9.17) is 28.9 Å². The maximum Gasteiger partial charge on any atom is 0.0944 e. The van der Waals surface area contributed by atoms with Gasteiger partial charge in [0.25, 0.3) is 0 Å². The number of aliphatic hydroxyl groups is 1. The summed E-state index contributed by atoms with van der Waals surface area (Å²) >= 11 is 11.8. The summed E-state index contributed by atoms with van der Waals surface area (Å²) < 4.78 is 0. The quantitative estimate of drug-likeness (QED) is 0.720. The zero-order valence-corrected chi connectivity index (χ0v) is 9.02. The van der Waals surface area contributed by atoms with E-state index in [1.807, 2.05) is 6.07 Å². The molecule has 0 aliphatic heterocycles. The Labute approximate surface area is 92.6 Å². The predicted molar refractivity (Wildman–Crippen MR) is 57.7 cm³/mol. The summed E-state index contributed by atoms with van der Waals surface area (Å²) in [6, 6.07) is 3.33. The number of aliphatic hydroxyl groups excluding tert-OH is 1. The number of hydrogen-bond acceptors (Lipinski definition) is 2. The van der Waals surface area contributed by atoms with Crippen LogP contribution in [0.5, 0.6) is 0 Å². The minimum atomic E-state index is -0.617. The summed E-state index contributed by atoms with van der Waals surface area (Å²) in [7, 11) is 0. The largest absolute Gasteiger partial charge is 0.387 e. The molecule has 1 aliphatic rings. The van der Waals surface area contributed by atoms with Crippen LogP contribution < -0.4 is 5.73 Å². The zero-order valence-electron chi connectivity index (χ0n) is 7.50. The summed E-state index contributed by atoms with van der Waals surface area (Å²) in [5.74, 6) is 0. The fraction of sp³-hybridized carbons (Fsp3) is 0.400. The van der Waals surface area contributed by atoms with Crippen LogP contribution in [-0.4, -0.2) is 11.1 Å². The van der Waals surface area contributed by atoms with Gasteiger partial charge < -0.3 is 10.8 Å². The molecule has 76 valence electrons. The Morgan fingerprint density at radius 3 is 2.64 bits per heavy atom. The molecule has 0 aromatic heterocycles. The van der Waals surface area contributed by atoms with Gasteiger partial charge in [0.2, 0.25) is 0 Å². The second kappa shape index (κ2) is 3.70. The molecular weight excluding hydrogens is 221 g/mol. The van der Waals surface area contributed by atoms with Gasteiger partial charge in [-0.1, -0.05) is 23.2 Å². The summed E-state index contributed by atoms with van der Waals surface area (Å²) in [4.78, 5) is 0. The van der Waals surface area contributed by atoms with Gasteiger partial charge in [-0.05, 0) is 36.1 Å². The van der Waals surface area contributed by atoms with Crippen molar-refractivity contribution < 1.29 is 5.11 Å². The van der Waals surface area contributed by atoms with Crippen molar-refractivity contribution in [3.8, 4) is 0 Å². The van der Waals surface area contributed by atoms with E-state index in [1.54, 1.807) is 6.07 Å². The molecule has 0 spiro atoms. The van der Waals surface area contributed by atoms with Crippen LogP contribution in [0.25, 0.3) is 0 Å². The molecule has 1 aromatic rings. The number of rotatable bonds is 0. The third-order valence-corrected chi connectivity index (χ3v) is 3.38. The first-order valence-corrected chi connectivity index (χ1v) is 5.26. The van der Waals surface area contributed by atoms with Gasteiger partial charge in [-0.2, -0.15) is 0 Å². The van der Waals surface area contributed by atoms with Gasteiger partial charge in [0, 0.05) is 6.04 Å². The van der Waals surface area contributed by atoms with E-state index in [1.165, 1.54) is 0 Å². The van der Waals surface area contributed by atoms with Gasteiger partial charge in [-0.3, -0.25) is 0 Å². The lowest BCUT2D eigenvalue weighted by Gasteiger charge is -2.27. The molecule has 1 aliphatic carbocycles. The molecule has 0 fully saturated rings. The van der Waals surface area contributed by atoms with Gasteiger partial charge in [0.05, 0.1) is 16.1 Å². The van der Waals surface area contributed by atoms with Crippen LogP contribution in [0.15, 0.2) is 12.1 Å². The smallest absolute Gasteiger partial charge is 0.0944 e. The fourth-order valence-corrected chi connectivity index (χ4v) is 2.16. The van der Waals surface area contributed by atoms with Crippen LogP contribution in [0.4, 0.5) is 0 Å². The molecule has 0 bridgehead atoms. The average molecular weight is 232 g/mol. The highest BCUT2D eigenvalue weighted by Crippen LogP contribution is 2.34. The molecule has 4 heteroatoms. The SMILES string of the molecule is N[C@H]1CCc2cc(Cl)c(Cl)cc2[C@@H]1O. The molecule has 2 atom stereocenters. The monoisotopic (exact) mass is 231 g/mol. The minimum Gasteiger partial charge on any atom is -0.387 e. The number of halogens is 2. The molecule has 0 saturated carbocycles. The first-order valence-electron chi connectivity index (χ1n) is 4.51. The van der Waals surface area contributed by atoms with E-state index < -0.39 is 6.10 Å². The van der Waals surface area contributed by atoms with Gasteiger partial charge in [0.15, 0.2) is 0 Å². The lowest BCUT2D eigenvalue weighted by Crippen LogP contribution is -2.32. The number of aryl methyl sites for hydroxylation is 1. The number of benzene rings is 1. The third kappa shape index (κ3) is 1.63. The van der Waals surface area contributed by atoms with E-state index in [0.29, 0.717) is 10.0 Å². The highest BCUT2D eigenvalue weighted by molar-refractivity contribution is 6.42. The van der Waals surface area contributed by atoms with Gasteiger partial charge in [0.1, 0.15) is 0 Å². The third-order valence-electron chi connectivity index (χ3n) is 2.65. The highest BCUT2D eigenvalue weighted by Gasteiger charge is 2.25. The maximum atomic E-state index is 9.82. The lowest BCUT2D eigenvalue weighted by molar-refractivity contribution is 0.134. The Morgan fingerprint density at radius 2 is 1.93 bits per heavy atom. The van der Waals surface area contributed by atoms with Crippen LogP contribution in [0.2, 0.25) is 10.0 Å². The van der Waals surface area contributed by atoms with Crippen molar-refractivity contribution in [3.05, 3.63) is 33.3 Å². The van der Waals surface area contributed by atoms with Gasteiger partial charge >= 0.3 is 0 Å². The van der Waals surface area contributed by atoms with Crippen LogP contribution >= 0.6 is 23.2 Å². The van der Waals surface area contributed by atoms with Crippen LogP contribution in [0.1, 0.15) is 23.7 Å². The van der Waals surface area contributed by atoms with Crippen molar-refractivity contribution >= 4 is 23.2 Å². The van der Waals surface area contributed by atoms with Crippen LogP contribution in [-0.2, 0) is 6.42 Å². The average Bonchev–Trinajstić information content (AvgIpc) is 2.15. The molecule has 1 aromatic carbocycles. The molecule has 14 heavy (non-hydrogen) atoms. The summed E-state index contributed by atoms with van der Waals surface area (Å²) in [6.07, 6.45) is 1.02. The van der Waals surface area contributed by atoms with Crippen molar-refractivity contribution in [2.45, 2.75) is 25.0 Å². The molecular formula is C10H11Cl2NO.